The third-order valence-corrected chi connectivity index (χ3v) is 13.9. The van der Waals surface area contributed by atoms with Gasteiger partial charge in [0.2, 0.25) is 0 Å². The van der Waals surface area contributed by atoms with Gasteiger partial charge in [0.1, 0.15) is 18.8 Å². The topological polar surface area (TPSA) is 175 Å². The molecule has 12 nitrogen and oxygen atoms in total. The third kappa shape index (κ3) is 45.6. The zero-order valence-corrected chi connectivity index (χ0v) is 50.7. The molecule has 0 spiro atoms. The van der Waals surface area contributed by atoms with Gasteiger partial charge in [0.15, 0.2) is 24.6 Å². The maximum atomic E-state index is 13.2. The molecule has 0 aromatic heterocycles. The summed E-state index contributed by atoms with van der Waals surface area (Å²) in [6.45, 7) is 5.70. The molecule has 81 heavy (non-hydrogen) atoms. The lowest BCUT2D eigenvalue weighted by Gasteiger charge is -2.40. The summed E-state index contributed by atoms with van der Waals surface area (Å²) < 4.78 is 28.4. The van der Waals surface area contributed by atoms with Crippen LogP contribution in [-0.2, 0) is 42.9 Å². The summed E-state index contributed by atoms with van der Waals surface area (Å²) in [6, 6.07) is 0. The van der Waals surface area contributed by atoms with Crippen molar-refractivity contribution in [1.82, 2.24) is 0 Å². The highest BCUT2D eigenvalue weighted by Gasteiger charge is 2.50. The molecule has 1 fully saturated rings. The molecule has 0 aromatic rings. The van der Waals surface area contributed by atoms with Crippen LogP contribution in [0.5, 0.6) is 0 Å². The van der Waals surface area contributed by atoms with Crippen molar-refractivity contribution < 1.29 is 58.2 Å². The average Bonchev–Trinajstić information content (AvgIpc) is 3.46. The summed E-state index contributed by atoms with van der Waals surface area (Å²) in [7, 11) is 0. The molecule has 0 aromatic carbocycles. The number of esters is 3. The molecular formula is C69H112O12. The van der Waals surface area contributed by atoms with Crippen molar-refractivity contribution in [3.8, 4) is 0 Å². The number of carbonyl (C=O) groups is 4. The van der Waals surface area contributed by atoms with Crippen LogP contribution in [0.1, 0.15) is 252 Å². The van der Waals surface area contributed by atoms with Crippen LogP contribution in [0, 0.1) is 0 Å². The molecule has 3 N–H and O–H groups in total. The van der Waals surface area contributed by atoms with Crippen LogP contribution in [-0.4, -0.2) is 89.2 Å². The van der Waals surface area contributed by atoms with Gasteiger partial charge < -0.3 is 39.0 Å². The largest absolute Gasteiger partial charge is 0.479 e. The fraction of sp³-hybridized carbons (Fsp3) is 0.681. The van der Waals surface area contributed by atoms with Crippen molar-refractivity contribution in [2.24, 2.45) is 0 Å². The summed E-state index contributed by atoms with van der Waals surface area (Å²) in [4.78, 5) is 51.2. The van der Waals surface area contributed by atoms with E-state index in [2.05, 4.69) is 118 Å². The lowest BCUT2D eigenvalue weighted by atomic mass is 9.98. The number of aliphatic hydroxyl groups is 2. The smallest absolute Gasteiger partial charge is 0.335 e. The molecule has 0 bridgehead atoms. The van der Waals surface area contributed by atoms with Gasteiger partial charge in [-0.2, -0.15) is 0 Å². The van der Waals surface area contributed by atoms with Crippen LogP contribution < -0.4 is 0 Å². The molecule has 12 heteroatoms. The van der Waals surface area contributed by atoms with Gasteiger partial charge in [0, 0.05) is 19.3 Å². The summed E-state index contributed by atoms with van der Waals surface area (Å²) in [5.41, 5.74) is 0. The quantitative estimate of drug-likeness (QED) is 0.0228. The summed E-state index contributed by atoms with van der Waals surface area (Å²) in [5.74, 6) is -3.27. The van der Waals surface area contributed by atoms with Gasteiger partial charge in [-0.15, -0.1) is 0 Å². The molecular weight excluding hydrogens is 1020 g/mol. The van der Waals surface area contributed by atoms with Crippen molar-refractivity contribution in [1.29, 1.82) is 0 Å². The molecule has 0 amide bonds. The van der Waals surface area contributed by atoms with E-state index in [0.29, 0.717) is 19.3 Å². The van der Waals surface area contributed by atoms with Gasteiger partial charge in [0.25, 0.3) is 0 Å². The number of allylic oxidation sites excluding steroid dienone is 18. The second kappa shape index (κ2) is 55.9. The first-order valence-corrected chi connectivity index (χ1v) is 31.9. The molecule has 6 atom stereocenters. The van der Waals surface area contributed by atoms with Crippen molar-refractivity contribution in [3.05, 3.63) is 109 Å². The number of unbranched alkanes of at least 4 members (excludes halogenated alkanes) is 21. The Morgan fingerprint density at radius 3 is 1.23 bits per heavy atom. The average molecular weight is 1130 g/mol. The Balaban J connectivity index is 2.72. The minimum absolute atomic E-state index is 0.0142. The summed E-state index contributed by atoms with van der Waals surface area (Å²) >= 11 is 0. The molecule has 0 saturated carbocycles. The van der Waals surface area contributed by atoms with E-state index in [9.17, 15) is 34.5 Å². The normalized spacial score (nSPS) is 18.5. The predicted molar refractivity (Wildman–Crippen MR) is 330 cm³/mol. The highest BCUT2D eigenvalue weighted by molar-refractivity contribution is 5.74. The van der Waals surface area contributed by atoms with Gasteiger partial charge in [-0.3, -0.25) is 14.4 Å². The van der Waals surface area contributed by atoms with Crippen LogP contribution in [0.3, 0.4) is 0 Å². The highest BCUT2D eigenvalue weighted by Crippen LogP contribution is 2.26. The Morgan fingerprint density at radius 1 is 0.420 bits per heavy atom. The number of rotatable bonds is 53. The molecule has 0 radical (unpaired) electrons. The molecule has 1 aliphatic rings. The van der Waals surface area contributed by atoms with Crippen molar-refractivity contribution >= 4 is 23.9 Å². The van der Waals surface area contributed by atoms with E-state index in [-0.39, 0.29) is 25.9 Å². The van der Waals surface area contributed by atoms with Gasteiger partial charge in [-0.05, 0) is 89.9 Å². The van der Waals surface area contributed by atoms with E-state index in [4.69, 9.17) is 23.7 Å². The van der Waals surface area contributed by atoms with Gasteiger partial charge >= 0.3 is 23.9 Å². The Bertz CT molecular complexity index is 1820. The summed E-state index contributed by atoms with van der Waals surface area (Å²) in [5, 5.41) is 31.5. The van der Waals surface area contributed by atoms with E-state index in [1.165, 1.54) is 96.3 Å². The number of carboxylic acid groups (broad SMARTS) is 1. The van der Waals surface area contributed by atoms with Crippen LogP contribution in [0.4, 0.5) is 0 Å². The Kier molecular flexibility index (Phi) is 51.3. The predicted octanol–water partition coefficient (Wildman–Crippen LogP) is 17.0. The zero-order valence-electron chi connectivity index (χ0n) is 50.7. The molecule has 1 aliphatic heterocycles. The highest BCUT2D eigenvalue weighted by atomic mass is 16.7. The zero-order chi connectivity index (χ0) is 58.9. The molecule has 1 heterocycles. The molecule has 6 unspecified atom stereocenters. The maximum Gasteiger partial charge on any atom is 0.335 e. The third-order valence-electron chi connectivity index (χ3n) is 13.9. The minimum Gasteiger partial charge on any atom is -0.479 e. The van der Waals surface area contributed by atoms with E-state index in [1.54, 1.807) is 0 Å². The maximum absolute atomic E-state index is 13.2. The first-order chi connectivity index (χ1) is 39.6. The van der Waals surface area contributed by atoms with Gasteiger partial charge in [-0.1, -0.05) is 252 Å². The lowest BCUT2D eigenvalue weighted by molar-refractivity contribution is -0.301. The second-order valence-electron chi connectivity index (χ2n) is 21.3. The van der Waals surface area contributed by atoms with Gasteiger partial charge in [-0.25, -0.2) is 4.79 Å². The van der Waals surface area contributed by atoms with E-state index in [1.807, 2.05) is 12.2 Å². The fourth-order valence-electron chi connectivity index (χ4n) is 9.06. The molecule has 1 rings (SSSR count). The first-order valence-electron chi connectivity index (χ1n) is 31.9. The number of hydrogen-bond donors (Lipinski definition) is 3. The molecule has 1 saturated heterocycles. The van der Waals surface area contributed by atoms with Crippen molar-refractivity contribution in [2.75, 3.05) is 13.2 Å². The molecule has 460 valence electrons. The van der Waals surface area contributed by atoms with Crippen LogP contribution in [0.2, 0.25) is 0 Å². The number of aliphatic carboxylic acids is 1. The Morgan fingerprint density at radius 2 is 0.802 bits per heavy atom. The number of carboxylic acids is 1. The van der Waals surface area contributed by atoms with Crippen LogP contribution in [0.25, 0.3) is 0 Å². The number of ether oxygens (including phenoxy) is 5. The van der Waals surface area contributed by atoms with Crippen molar-refractivity contribution in [3.63, 3.8) is 0 Å². The standard InChI is InChI=1S/C69H112O12/c1-4-7-10-13-16-19-22-25-27-29-31-33-35-38-40-43-46-49-52-55-61(70)77-58-60(79-62(71)56-53-50-47-44-42-39-36-34-32-30-28-26-23-20-17-14-11-8-5-2)59-78-69-67(65(74)64(73)66(81-69)68(75)76)80-63(72)57-54-51-48-45-41-37-24-21-18-15-12-9-6-3/h7,9-10,12,16,18-19,21,25,27,31,33,37-38,40-41,46,49,60,64-67,69,73-74H,4-6,8,11,13-15,17,20,22-24,26,28-30,32,34-36,39,42-45,47-48,50-59H2,1-3H3,(H,75,76)/b10-7-,12-9-,19-16-,21-18-,27-25-,33-31-,40-38-,41-37-,49-46-. The van der Waals surface area contributed by atoms with Gasteiger partial charge in [0.05, 0.1) is 6.61 Å². The van der Waals surface area contributed by atoms with Crippen LogP contribution in [0.15, 0.2) is 109 Å². The SMILES string of the molecule is CC/C=C\C/C=C\C/C=C\C/C=C\C/C=C\C/C=C\CCC(=O)OCC(COC1OC(C(=O)O)C(O)C(O)C1OC(=O)CCCCC/C=C\C/C=C\C/C=C\CC)OC(=O)CCCCCCCCCCCCCCCCCCCCC. The van der Waals surface area contributed by atoms with E-state index >= 15 is 0 Å². The van der Waals surface area contributed by atoms with E-state index < -0.39 is 67.3 Å². The van der Waals surface area contributed by atoms with Crippen LogP contribution >= 0.6 is 0 Å². The number of carbonyl (C=O) groups excluding carboxylic acids is 3. The van der Waals surface area contributed by atoms with E-state index in [0.717, 1.165) is 96.3 Å². The monoisotopic (exact) mass is 1130 g/mol. The van der Waals surface area contributed by atoms with Crippen molar-refractivity contribution in [2.45, 2.75) is 289 Å². The Hall–Kier alpha value is -4.62. The fourth-order valence-corrected chi connectivity index (χ4v) is 9.06. The number of aliphatic hydroxyl groups excluding tert-OH is 2. The summed E-state index contributed by atoms with van der Waals surface area (Å²) in [6.07, 6.45) is 63.6. The second-order valence-corrected chi connectivity index (χ2v) is 21.3. The Labute approximate surface area is 491 Å². The minimum atomic E-state index is -1.93. The lowest BCUT2D eigenvalue weighted by Crippen LogP contribution is -2.61. The first kappa shape index (κ1) is 74.4. The molecule has 0 aliphatic carbocycles. The number of hydrogen-bond acceptors (Lipinski definition) is 11.